The van der Waals surface area contributed by atoms with Gasteiger partial charge >= 0.3 is 0 Å². The smallest absolute Gasteiger partial charge is 0.00990 e. The minimum Gasteiger partial charge on any atom is -0.0683 e. The third-order valence-electron chi connectivity index (χ3n) is 11.0. The normalized spacial score (nSPS) is 10.5. The second-order valence-corrected chi connectivity index (χ2v) is 13.9. The fourth-order valence-corrected chi connectivity index (χ4v) is 8.58. The van der Waals surface area contributed by atoms with Crippen LogP contribution in [0.15, 0.2) is 218 Å². The zero-order valence-electron chi connectivity index (χ0n) is 35.8. The summed E-state index contributed by atoms with van der Waals surface area (Å²) in [6.45, 7) is 12.0. The number of rotatable bonds is 0. The first-order valence-corrected chi connectivity index (χ1v) is 21.7. The molecule has 0 spiro atoms. The first kappa shape index (κ1) is 41.2. The fourth-order valence-electron chi connectivity index (χ4n) is 8.58. The van der Waals surface area contributed by atoms with E-state index in [1.54, 1.807) is 0 Å². The molecule has 0 saturated heterocycles. The lowest BCUT2D eigenvalue weighted by Gasteiger charge is -2.09. The van der Waals surface area contributed by atoms with Gasteiger partial charge in [-0.25, -0.2) is 0 Å². The highest BCUT2D eigenvalue weighted by atomic mass is 14.1. The molecule has 0 bridgehead atoms. The van der Waals surface area contributed by atoms with Crippen LogP contribution in [-0.4, -0.2) is 0 Å². The van der Waals surface area contributed by atoms with E-state index >= 15 is 0 Å². The molecule has 0 fully saturated rings. The summed E-state index contributed by atoms with van der Waals surface area (Å²) in [6.07, 6.45) is 0. The van der Waals surface area contributed by atoms with Crippen LogP contribution in [0.2, 0.25) is 0 Å². The Morgan fingerprint density at radius 1 is 0.117 bits per heavy atom. The summed E-state index contributed by atoms with van der Waals surface area (Å²) in [7, 11) is 0. The molecule has 12 aromatic rings. The molecule has 0 heteroatoms. The molecule has 0 aromatic heterocycles. The number of fused-ring (bicyclic) bond motifs is 18. The van der Waals surface area contributed by atoms with Crippen molar-refractivity contribution in [2.75, 3.05) is 0 Å². The Labute approximate surface area is 355 Å². The van der Waals surface area contributed by atoms with Gasteiger partial charge in [0.05, 0.1) is 0 Å². The third-order valence-corrected chi connectivity index (χ3v) is 11.0. The SMILES string of the molecule is CC.CC.CC.c1ccc2c(c1)c1ccccc1c1ccccc21.c1ccc2c(c1)c1ccccc1c1ccccc21.c1ccc2c(c1)c1ccccc1c1ccccc21. The molecule has 0 unspecified atom stereocenters. The van der Waals surface area contributed by atoms with E-state index in [0.29, 0.717) is 0 Å². The number of hydrogen-bond acceptors (Lipinski definition) is 0. The fraction of sp³-hybridized carbons (Fsp3) is 0.100. The van der Waals surface area contributed by atoms with Gasteiger partial charge in [-0.1, -0.05) is 260 Å². The van der Waals surface area contributed by atoms with Crippen molar-refractivity contribution in [1.82, 2.24) is 0 Å². The van der Waals surface area contributed by atoms with Gasteiger partial charge < -0.3 is 0 Å². The van der Waals surface area contributed by atoms with Gasteiger partial charge in [-0.3, -0.25) is 0 Å². The standard InChI is InChI=1S/3C18H12.3C2H6/c3*1-2-8-14-13(7-1)15-9-3-4-11-17(15)18-12-6-5-10-16(14)18;3*1-2/h3*1-12H;3*1-2H3. The second-order valence-electron chi connectivity index (χ2n) is 13.9. The minimum atomic E-state index is 1.34. The van der Waals surface area contributed by atoms with Gasteiger partial charge in [-0.15, -0.1) is 0 Å². The van der Waals surface area contributed by atoms with Gasteiger partial charge in [0.2, 0.25) is 0 Å². The van der Waals surface area contributed by atoms with Crippen LogP contribution in [0.3, 0.4) is 0 Å². The van der Waals surface area contributed by atoms with E-state index in [1.165, 1.54) is 97.0 Å². The number of hydrogen-bond donors (Lipinski definition) is 0. The summed E-state index contributed by atoms with van der Waals surface area (Å²) in [5.41, 5.74) is 0. The van der Waals surface area contributed by atoms with Gasteiger partial charge in [0, 0.05) is 0 Å². The molecule has 0 atom stereocenters. The summed E-state index contributed by atoms with van der Waals surface area (Å²) in [6, 6.07) is 77.9. The van der Waals surface area contributed by atoms with Crippen molar-refractivity contribution in [3.8, 4) is 0 Å². The van der Waals surface area contributed by atoms with Gasteiger partial charge in [-0.2, -0.15) is 0 Å². The largest absolute Gasteiger partial charge is 0.0683 e. The maximum absolute atomic E-state index is 2.21. The Balaban J connectivity index is 0.000000128. The van der Waals surface area contributed by atoms with Crippen LogP contribution in [0.4, 0.5) is 0 Å². The molecule has 0 saturated carbocycles. The van der Waals surface area contributed by atoms with E-state index < -0.39 is 0 Å². The lowest BCUT2D eigenvalue weighted by molar-refractivity contribution is 1.50. The van der Waals surface area contributed by atoms with E-state index in [4.69, 9.17) is 0 Å². The zero-order valence-corrected chi connectivity index (χ0v) is 35.8. The molecule has 0 amide bonds. The maximum Gasteiger partial charge on any atom is -0.00990 e. The average molecular weight is 775 g/mol. The summed E-state index contributed by atoms with van der Waals surface area (Å²) in [5.74, 6) is 0. The predicted molar refractivity (Wildman–Crippen MR) is 271 cm³/mol. The quantitative estimate of drug-likeness (QED) is 0.135. The first-order valence-electron chi connectivity index (χ1n) is 21.7. The summed E-state index contributed by atoms with van der Waals surface area (Å²) < 4.78 is 0. The Morgan fingerprint density at radius 2 is 0.167 bits per heavy atom. The maximum atomic E-state index is 2.21. The molecule has 0 aliphatic carbocycles. The van der Waals surface area contributed by atoms with Gasteiger partial charge in [0.15, 0.2) is 0 Å². The number of benzene rings is 12. The molecule has 0 radical (unpaired) electrons. The van der Waals surface area contributed by atoms with Gasteiger partial charge in [0.1, 0.15) is 0 Å². The molecular formula is C60H54. The summed E-state index contributed by atoms with van der Waals surface area (Å²) >= 11 is 0. The Hall–Kier alpha value is -7.02. The van der Waals surface area contributed by atoms with Crippen LogP contribution in [0.5, 0.6) is 0 Å². The van der Waals surface area contributed by atoms with Crippen molar-refractivity contribution in [2.45, 2.75) is 41.5 Å². The monoisotopic (exact) mass is 774 g/mol. The van der Waals surface area contributed by atoms with E-state index in [9.17, 15) is 0 Å². The first-order chi connectivity index (χ1) is 29.8. The van der Waals surface area contributed by atoms with Crippen molar-refractivity contribution >= 4 is 97.0 Å². The van der Waals surface area contributed by atoms with Crippen LogP contribution < -0.4 is 0 Å². The highest BCUT2D eigenvalue weighted by molar-refractivity contribution is 6.27. The van der Waals surface area contributed by atoms with E-state index in [1.807, 2.05) is 41.5 Å². The highest BCUT2D eigenvalue weighted by Crippen LogP contribution is 2.37. The van der Waals surface area contributed by atoms with Crippen LogP contribution in [0.25, 0.3) is 97.0 Å². The van der Waals surface area contributed by atoms with Crippen molar-refractivity contribution in [1.29, 1.82) is 0 Å². The lowest BCUT2D eigenvalue weighted by atomic mass is 9.95. The Bertz CT molecular complexity index is 2310. The van der Waals surface area contributed by atoms with Gasteiger partial charge in [-0.05, 0) is 97.0 Å². The molecule has 0 aliphatic rings. The third kappa shape index (κ3) is 7.78. The highest BCUT2D eigenvalue weighted by Gasteiger charge is 2.09. The topological polar surface area (TPSA) is 0 Å². The van der Waals surface area contributed by atoms with E-state index in [-0.39, 0.29) is 0 Å². The van der Waals surface area contributed by atoms with E-state index in [0.717, 1.165) is 0 Å². The van der Waals surface area contributed by atoms with Crippen molar-refractivity contribution in [2.24, 2.45) is 0 Å². The van der Waals surface area contributed by atoms with Crippen molar-refractivity contribution in [3.63, 3.8) is 0 Å². The van der Waals surface area contributed by atoms with Crippen LogP contribution in [-0.2, 0) is 0 Å². The second kappa shape index (κ2) is 19.6. The van der Waals surface area contributed by atoms with Gasteiger partial charge in [0.25, 0.3) is 0 Å². The zero-order chi connectivity index (χ0) is 41.8. The molecule has 0 nitrogen and oxygen atoms in total. The molecule has 12 aromatic carbocycles. The average Bonchev–Trinajstić information content (AvgIpc) is 3.36. The minimum absolute atomic E-state index is 1.34. The lowest BCUT2D eigenvalue weighted by Crippen LogP contribution is -1.81. The van der Waals surface area contributed by atoms with Crippen LogP contribution >= 0.6 is 0 Å². The molecule has 0 aliphatic heterocycles. The van der Waals surface area contributed by atoms with E-state index in [2.05, 4.69) is 218 Å². The predicted octanol–water partition coefficient (Wildman–Crippen LogP) is 18.5. The van der Waals surface area contributed by atoms with Crippen molar-refractivity contribution in [3.05, 3.63) is 218 Å². The van der Waals surface area contributed by atoms with Crippen LogP contribution in [0, 0.1) is 0 Å². The molecular weight excluding hydrogens is 721 g/mol. The Morgan fingerprint density at radius 3 is 0.217 bits per heavy atom. The molecule has 0 N–H and O–H groups in total. The molecule has 60 heavy (non-hydrogen) atoms. The molecule has 12 rings (SSSR count). The van der Waals surface area contributed by atoms with Crippen molar-refractivity contribution < 1.29 is 0 Å². The summed E-state index contributed by atoms with van der Waals surface area (Å²) in [4.78, 5) is 0. The Kier molecular flexibility index (Phi) is 13.5. The van der Waals surface area contributed by atoms with Crippen LogP contribution in [0.1, 0.15) is 41.5 Å². The summed E-state index contributed by atoms with van der Waals surface area (Å²) in [5, 5.41) is 24.1. The molecule has 294 valence electrons. The molecule has 0 heterocycles.